The van der Waals surface area contributed by atoms with Crippen molar-refractivity contribution < 1.29 is 14.4 Å². The molecule has 0 aromatic heterocycles. The maximum Gasteiger partial charge on any atom is 0.226 e. The third kappa shape index (κ3) is 4.11. The molecule has 6 nitrogen and oxygen atoms in total. The summed E-state index contributed by atoms with van der Waals surface area (Å²) in [5, 5.41) is 5.66. The average molecular weight is 377 g/mol. The Hall–Kier alpha value is -3.41. The average Bonchev–Trinajstić information content (AvgIpc) is 2.64. The quantitative estimate of drug-likeness (QED) is 0.849. The van der Waals surface area contributed by atoms with Crippen LogP contribution in [0, 0.1) is 6.92 Å². The molecule has 2 aromatic rings. The van der Waals surface area contributed by atoms with Crippen LogP contribution in [0.4, 0.5) is 11.4 Å². The zero-order valence-electron chi connectivity index (χ0n) is 16.2. The first-order valence-corrected chi connectivity index (χ1v) is 9.10. The summed E-state index contributed by atoms with van der Waals surface area (Å²) in [6.07, 6.45) is 3.74. The number of carbonyl (C=O) groups is 3. The van der Waals surface area contributed by atoms with Crippen LogP contribution >= 0.6 is 0 Å². The summed E-state index contributed by atoms with van der Waals surface area (Å²) in [4.78, 5) is 37.8. The summed E-state index contributed by atoms with van der Waals surface area (Å²) in [6, 6.07) is 12.7. The predicted octanol–water partition coefficient (Wildman–Crippen LogP) is 3.86. The Morgan fingerprint density at radius 3 is 2.32 bits per heavy atom. The summed E-state index contributed by atoms with van der Waals surface area (Å²) in [7, 11) is 0. The Morgan fingerprint density at radius 1 is 0.964 bits per heavy atom. The molecule has 1 atom stereocenters. The molecule has 0 unspecified atom stereocenters. The molecule has 0 radical (unpaired) electrons. The van der Waals surface area contributed by atoms with E-state index in [1.807, 2.05) is 37.3 Å². The third-order valence-corrected chi connectivity index (χ3v) is 4.77. The highest BCUT2D eigenvalue weighted by molar-refractivity contribution is 5.95. The van der Waals surface area contributed by atoms with Crippen LogP contribution in [0.1, 0.15) is 43.0 Å². The molecule has 0 bridgehead atoms. The largest absolute Gasteiger partial charge is 0.326 e. The van der Waals surface area contributed by atoms with Crippen LogP contribution in [0.5, 0.6) is 0 Å². The number of nitrogens with zero attached hydrogens (tertiary/aromatic N) is 1. The topological polar surface area (TPSA) is 78.5 Å². The van der Waals surface area contributed by atoms with Gasteiger partial charge in [0.1, 0.15) is 0 Å². The predicted molar refractivity (Wildman–Crippen MR) is 109 cm³/mol. The number of anilines is 2. The highest BCUT2D eigenvalue weighted by Crippen LogP contribution is 2.33. The highest BCUT2D eigenvalue weighted by atomic mass is 16.2. The maximum atomic E-state index is 12.8. The monoisotopic (exact) mass is 377 g/mol. The molecule has 2 N–H and O–H groups in total. The second-order valence-electron chi connectivity index (χ2n) is 6.80. The molecule has 0 fully saturated rings. The molecule has 0 spiro atoms. The van der Waals surface area contributed by atoms with Gasteiger partial charge < -0.3 is 15.5 Å². The molecular weight excluding hydrogens is 354 g/mol. The summed E-state index contributed by atoms with van der Waals surface area (Å²) >= 11 is 0. The number of amides is 3. The van der Waals surface area contributed by atoms with Gasteiger partial charge in [0.15, 0.2) is 0 Å². The molecule has 3 rings (SSSR count). The van der Waals surface area contributed by atoms with Crippen molar-refractivity contribution in [3.05, 3.63) is 65.4 Å². The van der Waals surface area contributed by atoms with Crippen molar-refractivity contribution in [1.29, 1.82) is 0 Å². The van der Waals surface area contributed by atoms with E-state index in [0.29, 0.717) is 11.4 Å². The standard InChI is InChI=1S/C22H23N3O3/c1-14-19(23-15(2)26)9-6-10-20(14)24-22(28)13-21-18-8-5-4-7-17(18)11-12-25(21)16(3)27/h4-12,21H,13H2,1-3H3,(H,23,26)(H,24,28)/t21-/m1/s1. The molecular formula is C22H23N3O3. The van der Waals surface area contributed by atoms with Crippen LogP contribution in [0.2, 0.25) is 0 Å². The lowest BCUT2D eigenvalue weighted by atomic mass is 9.93. The first-order valence-electron chi connectivity index (χ1n) is 9.10. The summed E-state index contributed by atoms with van der Waals surface area (Å²) in [6.45, 7) is 4.76. The van der Waals surface area contributed by atoms with E-state index in [-0.39, 0.29) is 30.2 Å². The smallest absolute Gasteiger partial charge is 0.226 e. The van der Waals surface area contributed by atoms with Crippen LogP contribution in [0.3, 0.4) is 0 Å². The molecule has 1 heterocycles. The zero-order chi connectivity index (χ0) is 20.3. The van der Waals surface area contributed by atoms with E-state index in [1.54, 1.807) is 29.3 Å². The fourth-order valence-electron chi connectivity index (χ4n) is 3.39. The highest BCUT2D eigenvalue weighted by Gasteiger charge is 2.28. The van der Waals surface area contributed by atoms with Crippen molar-refractivity contribution in [2.24, 2.45) is 0 Å². The van der Waals surface area contributed by atoms with Crippen molar-refractivity contribution in [2.75, 3.05) is 10.6 Å². The number of benzene rings is 2. The zero-order valence-corrected chi connectivity index (χ0v) is 16.2. The van der Waals surface area contributed by atoms with Gasteiger partial charge in [0, 0.05) is 31.4 Å². The van der Waals surface area contributed by atoms with Crippen molar-refractivity contribution >= 4 is 35.2 Å². The molecule has 0 saturated carbocycles. The van der Waals surface area contributed by atoms with E-state index in [0.717, 1.165) is 16.7 Å². The van der Waals surface area contributed by atoms with Crippen molar-refractivity contribution in [3.8, 4) is 0 Å². The van der Waals surface area contributed by atoms with Crippen molar-refractivity contribution in [1.82, 2.24) is 4.90 Å². The van der Waals surface area contributed by atoms with Crippen LogP contribution in [0.25, 0.3) is 6.08 Å². The van der Waals surface area contributed by atoms with Gasteiger partial charge in [-0.3, -0.25) is 14.4 Å². The molecule has 0 aliphatic carbocycles. The fraction of sp³-hybridized carbons (Fsp3) is 0.227. The van der Waals surface area contributed by atoms with Gasteiger partial charge >= 0.3 is 0 Å². The second-order valence-corrected chi connectivity index (χ2v) is 6.80. The minimum atomic E-state index is -0.363. The van der Waals surface area contributed by atoms with E-state index in [1.165, 1.54) is 13.8 Å². The van der Waals surface area contributed by atoms with E-state index in [4.69, 9.17) is 0 Å². The van der Waals surface area contributed by atoms with E-state index in [2.05, 4.69) is 10.6 Å². The normalized spacial score (nSPS) is 15.0. The van der Waals surface area contributed by atoms with Gasteiger partial charge in [0.2, 0.25) is 17.7 Å². The van der Waals surface area contributed by atoms with E-state index in [9.17, 15) is 14.4 Å². The molecule has 144 valence electrons. The molecule has 2 aromatic carbocycles. The van der Waals surface area contributed by atoms with Crippen molar-refractivity contribution in [3.63, 3.8) is 0 Å². The molecule has 28 heavy (non-hydrogen) atoms. The number of nitrogens with one attached hydrogen (secondary N) is 2. The Labute approximate surface area is 164 Å². The minimum absolute atomic E-state index is 0.118. The van der Waals surface area contributed by atoms with Crippen molar-refractivity contribution in [2.45, 2.75) is 33.2 Å². The van der Waals surface area contributed by atoms with Crippen LogP contribution in [-0.4, -0.2) is 22.6 Å². The number of carbonyl (C=O) groups excluding carboxylic acids is 3. The van der Waals surface area contributed by atoms with Crippen LogP contribution < -0.4 is 10.6 Å². The molecule has 1 aliphatic rings. The number of hydrogen-bond acceptors (Lipinski definition) is 3. The van der Waals surface area contributed by atoms with E-state index >= 15 is 0 Å². The lowest BCUT2D eigenvalue weighted by Gasteiger charge is -2.32. The van der Waals surface area contributed by atoms with Gasteiger partial charge in [0.05, 0.1) is 12.5 Å². The van der Waals surface area contributed by atoms with Gasteiger partial charge in [-0.05, 0) is 41.8 Å². The third-order valence-electron chi connectivity index (χ3n) is 4.77. The molecule has 6 heteroatoms. The Kier molecular flexibility index (Phi) is 5.59. The first kappa shape index (κ1) is 19.4. The van der Waals surface area contributed by atoms with Crippen LogP contribution in [0.15, 0.2) is 48.7 Å². The number of fused-ring (bicyclic) bond motifs is 1. The van der Waals surface area contributed by atoms with Gasteiger partial charge in [-0.2, -0.15) is 0 Å². The Bertz CT molecular complexity index is 965. The molecule has 3 amide bonds. The Balaban J connectivity index is 1.81. The number of hydrogen-bond donors (Lipinski definition) is 2. The Morgan fingerprint density at radius 2 is 1.64 bits per heavy atom. The van der Waals surface area contributed by atoms with Gasteiger partial charge in [-0.25, -0.2) is 0 Å². The lowest BCUT2D eigenvalue weighted by molar-refractivity contribution is -0.129. The van der Waals surface area contributed by atoms with Gasteiger partial charge in [0.25, 0.3) is 0 Å². The van der Waals surface area contributed by atoms with Gasteiger partial charge in [-0.15, -0.1) is 0 Å². The molecule has 1 aliphatic heterocycles. The maximum absolute atomic E-state index is 12.8. The minimum Gasteiger partial charge on any atom is -0.326 e. The number of rotatable bonds is 4. The molecule has 0 saturated heterocycles. The van der Waals surface area contributed by atoms with Crippen LogP contribution in [-0.2, 0) is 14.4 Å². The fourth-order valence-corrected chi connectivity index (χ4v) is 3.39. The first-order chi connectivity index (χ1) is 13.4. The second kappa shape index (κ2) is 8.08. The van der Waals surface area contributed by atoms with Gasteiger partial charge in [-0.1, -0.05) is 30.3 Å². The van der Waals surface area contributed by atoms with E-state index < -0.39 is 0 Å². The summed E-state index contributed by atoms with van der Waals surface area (Å²) < 4.78 is 0. The SMILES string of the molecule is CC(=O)Nc1cccc(NC(=O)C[C@@H]2c3ccccc3C=CN2C(C)=O)c1C. The summed E-state index contributed by atoms with van der Waals surface area (Å²) in [5.41, 5.74) is 4.01. The summed E-state index contributed by atoms with van der Waals surface area (Å²) in [5.74, 6) is -0.494. The lowest BCUT2D eigenvalue weighted by Crippen LogP contribution is -2.33.